The molecule has 1 fully saturated rings. The number of benzene rings is 1. The molecule has 0 aliphatic heterocycles. The van der Waals surface area contributed by atoms with Crippen molar-refractivity contribution in [3.8, 4) is 5.75 Å². The average molecular weight is 340 g/mol. The van der Waals surface area contributed by atoms with E-state index >= 15 is 0 Å². The molecular formula is C16H24N2O4S. The Morgan fingerprint density at radius 2 is 1.91 bits per heavy atom. The van der Waals surface area contributed by atoms with E-state index in [1.165, 1.54) is 11.4 Å². The molecule has 1 N–H and O–H groups in total. The SMILES string of the molecule is COc1ccccc1NC(=O)CN(C1CCCCC1)S(C)(=O)=O. The summed E-state index contributed by atoms with van der Waals surface area (Å²) in [5.41, 5.74) is 0.539. The summed E-state index contributed by atoms with van der Waals surface area (Å²) in [5.74, 6) is 0.190. The van der Waals surface area contributed by atoms with Crippen molar-refractivity contribution < 1.29 is 17.9 Å². The molecule has 128 valence electrons. The van der Waals surface area contributed by atoms with Gasteiger partial charge >= 0.3 is 0 Å². The van der Waals surface area contributed by atoms with Crippen molar-refractivity contribution in [3.63, 3.8) is 0 Å². The fourth-order valence-electron chi connectivity index (χ4n) is 2.97. The van der Waals surface area contributed by atoms with Crippen LogP contribution in [0.3, 0.4) is 0 Å². The first kappa shape index (κ1) is 17.7. The standard InChI is InChI=1S/C16H24N2O4S/c1-22-15-11-7-6-10-14(15)17-16(19)12-18(23(2,20)21)13-8-4-3-5-9-13/h6-7,10-11,13H,3-5,8-9,12H2,1-2H3,(H,17,19). The number of hydrogen-bond acceptors (Lipinski definition) is 4. The summed E-state index contributed by atoms with van der Waals surface area (Å²) in [6.07, 6.45) is 5.93. The van der Waals surface area contributed by atoms with Gasteiger partial charge in [0.05, 0.1) is 25.6 Å². The predicted molar refractivity (Wildman–Crippen MR) is 90.0 cm³/mol. The highest BCUT2D eigenvalue weighted by Gasteiger charge is 2.30. The fraction of sp³-hybridized carbons (Fsp3) is 0.562. The highest BCUT2D eigenvalue weighted by Crippen LogP contribution is 2.25. The van der Waals surface area contributed by atoms with Gasteiger partial charge in [0.25, 0.3) is 0 Å². The number of carbonyl (C=O) groups is 1. The van der Waals surface area contributed by atoms with Gasteiger partial charge in [-0.3, -0.25) is 4.79 Å². The van der Waals surface area contributed by atoms with E-state index in [1.807, 2.05) is 0 Å². The maximum absolute atomic E-state index is 12.3. The lowest BCUT2D eigenvalue weighted by molar-refractivity contribution is -0.116. The van der Waals surface area contributed by atoms with E-state index in [0.717, 1.165) is 38.4 Å². The van der Waals surface area contributed by atoms with Gasteiger partial charge in [-0.2, -0.15) is 4.31 Å². The van der Waals surface area contributed by atoms with Crippen LogP contribution in [0.4, 0.5) is 5.69 Å². The molecule has 1 saturated carbocycles. The Bertz CT molecular complexity index is 639. The lowest BCUT2D eigenvalue weighted by Crippen LogP contribution is -2.45. The van der Waals surface area contributed by atoms with Crippen molar-refractivity contribution >= 4 is 21.6 Å². The van der Waals surface area contributed by atoms with Gasteiger partial charge in [0.2, 0.25) is 15.9 Å². The number of nitrogens with zero attached hydrogens (tertiary/aromatic N) is 1. The molecule has 0 heterocycles. The van der Waals surface area contributed by atoms with Gasteiger partial charge in [0.15, 0.2) is 0 Å². The molecule has 6 nitrogen and oxygen atoms in total. The van der Waals surface area contributed by atoms with E-state index in [4.69, 9.17) is 4.74 Å². The molecule has 1 aliphatic rings. The second-order valence-corrected chi connectivity index (χ2v) is 7.78. The highest BCUT2D eigenvalue weighted by atomic mass is 32.2. The van der Waals surface area contributed by atoms with Crippen LogP contribution in [0.1, 0.15) is 32.1 Å². The molecule has 1 aromatic rings. The van der Waals surface area contributed by atoms with Crippen molar-refractivity contribution in [3.05, 3.63) is 24.3 Å². The van der Waals surface area contributed by atoms with E-state index in [1.54, 1.807) is 24.3 Å². The number of anilines is 1. The molecule has 1 amide bonds. The largest absolute Gasteiger partial charge is 0.495 e. The second-order valence-electron chi connectivity index (χ2n) is 5.85. The molecule has 1 aromatic carbocycles. The van der Waals surface area contributed by atoms with Gasteiger partial charge in [-0.05, 0) is 25.0 Å². The van der Waals surface area contributed by atoms with Crippen molar-refractivity contribution in [1.29, 1.82) is 0 Å². The normalized spacial score (nSPS) is 16.3. The minimum atomic E-state index is -3.43. The summed E-state index contributed by atoms with van der Waals surface area (Å²) in [5, 5.41) is 2.73. The topological polar surface area (TPSA) is 75.7 Å². The molecule has 2 rings (SSSR count). The first-order valence-corrected chi connectivity index (χ1v) is 9.66. The Kier molecular flexibility index (Phi) is 6.01. The Hall–Kier alpha value is -1.60. The molecule has 0 saturated heterocycles. The van der Waals surface area contributed by atoms with E-state index in [-0.39, 0.29) is 18.5 Å². The predicted octanol–water partition coefficient (Wildman–Crippen LogP) is 2.23. The minimum absolute atomic E-state index is 0.0813. The number of methoxy groups -OCH3 is 1. The summed E-state index contributed by atoms with van der Waals surface area (Å²) in [6.45, 7) is -0.165. The quantitative estimate of drug-likeness (QED) is 0.861. The van der Waals surface area contributed by atoms with Crippen LogP contribution in [0, 0.1) is 0 Å². The number of hydrogen-bond donors (Lipinski definition) is 1. The summed E-state index contributed by atoms with van der Waals surface area (Å²) in [4.78, 5) is 12.3. The van der Waals surface area contributed by atoms with Crippen LogP contribution in [0.2, 0.25) is 0 Å². The summed E-state index contributed by atoms with van der Waals surface area (Å²) in [6, 6.07) is 6.97. The third-order valence-electron chi connectivity index (χ3n) is 4.09. The Balaban J connectivity index is 2.08. The molecule has 0 atom stereocenters. The first-order chi connectivity index (χ1) is 10.9. The molecule has 0 spiro atoms. The van der Waals surface area contributed by atoms with Gasteiger partial charge in [-0.25, -0.2) is 8.42 Å². The maximum atomic E-state index is 12.3. The van der Waals surface area contributed by atoms with E-state index in [2.05, 4.69) is 5.32 Å². The van der Waals surface area contributed by atoms with Gasteiger partial charge in [-0.1, -0.05) is 31.4 Å². The highest BCUT2D eigenvalue weighted by molar-refractivity contribution is 7.88. The Labute approximate surface area is 137 Å². The molecular weight excluding hydrogens is 316 g/mol. The summed E-state index contributed by atoms with van der Waals surface area (Å²) >= 11 is 0. The second kappa shape index (κ2) is 7.79. The maximum Gasteiger partial charge on any atom is 0.239 e. The van der Waals surface area contributed by atoms with E-state index in [0.29, 0.717) is 11.4 Å². The monoisotopic (exact) mass is 340 g/mol. The smallest absolute Gasteiger partial charge is 0.239 e. The average Bonchev–Trinajstić information content (AvgIpc) is 2.53. The number of para-hydroxylation sites is 2. The minimum Gasteiger partial charge on any atom is -0.495 e. The zero-order valence-electron chi connectivity index (χ0n) is 13.6. The number of sulfonamides is 1. The van der Waals surface area contributed by atoms with Crippen molar-refractivity contribution in [2.75, 3.05) is 25.2 Å². The van der Waals surface area contributed by atoms with Gasteiger partial charge < -0.3 is 10.1 Å². The van der Waals surface area contributed by atoms with Crippen LogP contribution in [0.5, 0.6) is 5.75 Å². The fourth-order valence-corrected chi connectivity index (χ4v) is 4.07. The molecule has 0 aromatic heterocycles. The van der Waals surface area contributed by atoms with Crippen LogP contribution in [0.25, 0.3) is 0 Å². The lowest BCUT2D eigenvalue weighted by Gasteiger charge is -2.31. The number of rotatable bonds is 6. The van der Waals surface area contributed by atoms with Crippen LogP contribution >= 0.6 is 0 Å². The molecule has 0 unspecified atom stereocenters. The van der Waals surface area contributed by atoms with Crippen molar-refractivity contribution in [1.82, 2.24) is 4.31 Å². The van der Waals surface area contributed by atoms with Crippen molar-refractivity contribution in [2.24, 2.45) is 0 Å². The third-order valence-corrected chi connectivity index (χ3v) is 5.37. The number of amides is 1. The lowest BCUT2D eigenvalue weighted by atomic mass is 9.95. The Morgan fingerprint density at radius 3 is 2.52 bits per heavy atom. The summed E-state index contributed by atoms with van der Waals surface area (Å²) in [7, 11) is -1.90. The molecule has 0 radical (unpaired) electrons. The van der Waals surface area contributed by atoms with E-state index in [9.17, 15) is 13.2 Å². The third kappa shape index (κ3) is 4.94. The van der Waals surface area contributed by atoms with Crippen molar-refractivity contribution in [2.45, 2.75) is 38.1 Å². The number of carbonyl (C=O) groups excluding carboxylic acids is 1. The van der Waals surface area contributed by atoms with Crippen LogP contribution in [-0.4, -0.2) is 44.6 Å². The number of ether oxygens (including phenoxy) is 1. The van der Waals surface area contributed by atoms with Gasteiger partial charge in [0.1, 0.15) is 5.75 Å². The van der Waals surface area contributed by atoms with Crippen LogP contribution in [-0.2, 0) is 14.8 Å². The molecule has 7 heteroatoms. The first-order valence-electron chi connectivity index (χ1n) is 7.81. The number of nitrogens with one attached hydrogen (secondary N) is 1. The zero-order chi connectivity index (χ0) is 16.9. The molecule has 1 aliphatic carbocycles. The zero-order valence-corrected chi connectivity index (χ0v) is 14.4. The Morgan fingerprint density at radius 1 is 1.26 bits per heavy atom. The van der Waals surface area contributed by atoms with Gasteiger partial charge in [0, 0.05) is 6.04 Å². The van der Waals surface area contributed by atoms with Crippen LogP contribution < -0.4 is 10.1 Å². The van der Waals surface area contributed by atoms with Crippen LogP contribution in [0.15, 0.2) is 24.3 Å². The molecule has 0 bridgehead atoms. The van der Waals surface area contributed by atoms with E-state index < -0.39 is 10.0 Å². The molecule has 23 heavy (non-hydrogen) atoms. The summed E-state index contributed by atoms with van der Waals surface area (Å²) < 4.78 is 30.6. The van der Waals surface area contributed by atoms with Gasteiger partial charge in [-0.15, -0.1) is 0 Å².